The fourth-order valence-corrected chi connectivity index (χ4v) is 4.46. The van der Waals surface area contributed by atoms with Crippen LogP contribution in [0.25, 0.3) is 0 Å². The first-order valence-electron chi connectivity index (χ1n) is 10.1. The molecular weight excluding hydrogens is 350 g/mol. The number of likely N-dealkylation sites (tertiary alicyclic amines) is 1. The smallest absolute Gasteiger partial charge is 0.228 e. The lowest BCUT2D eigenvalue weighted by atomic mass is 9.89. The zero-order chi connectivity index (χ0) is 19.7. The molecule has 0 spiro atoms. The number of amides is 2. The molecule has 28 heavy (non-hydrogen) atoms. The minimum absolute atomic E-state index is 0.0544. The van der Waals surface area contributed by atoms with Gasteiger partial charge in [0.2, 0.25) is 11.8 Å². The lowest BCUT2D eigenvalue weighted by Gasteiger charge is -2.33. The Balaban J connectivity index is 1.40. The van der Waals surface area contributed by atoms with E-state index in [1.54, 1.807) is 4.90 Å². The molecule has 5 heteroatoms. The number of hydrogen-bond acceptors (Lipinski definition) is 3. The highest BCUT2D eigenvalue weighted by Gasteiger charge is 2.38. The number of carbonyl (C=O) groups excluding carboxylic acids is 2. The summed E-state index contributed by atoms with van der Waals surface area (Å²) < 4.78 is 0. The van der Waals surface area contributed by atoms with E-state index in [9.17, 15) is 9.59 Å². The van der Waals surface area contributed by atoms with Crippen molar-refractivity contribution in [3.63, 3.8) is 0 Å². The van der Waals surface area contributed by atoms with Gasteiger partial charge in [-0.15, -0.1) is 0 Å². The van der Waals surface area contributed by atoms with E-state index >= 15 is 0 Å². The van der Waals surface area contributed by atoms with Crippen LogP contribution >= 0.6 is 0 Å². The Hall–Kier alpha value is -2.69. The number of pyridine rings is 1. The molecule has 2 saturated heterocycles. The van der Waals surface area contributed by atoms with E-state index in [0.717, 1.165) is 37.2 Å². The molecule has 3 heterocycles. The molecule has 1 aromatic carbocycles. The lowest BCUT2D eigenvalue weighted by molar-refractivity contribution is -0.136. The first-order valence-corrected chi connectivity index (χ1v) is 10.1. The van der Waals surface area contributed by atoms with Crippen LogP contribution in [0.4, 0.5) is 5.69 Å². The van der Waals surface area contributed by atoms with Crippen molar-refractivity contribution in [1.29, 1.82) is 0 Å². The molecule has 0 saturated carbocycles. The predicted molar refractivity (Wildman–Crippen MR) is 109 cm³/mol. The van der Waals surface area contributed by atoms with E-state index in [4.69, 9.17) is 0 Å². The molecule has 0 bridgehead atoms. The highest BCUT2D eigenvalue weighted by Crippen LogP contribution is 2.32. The van der Waals surface area contributed by atoms with Gasteiger partial charge >= 0.3 is 0 Å². The van der Waals surface area contributed by atoms with Gasteiger partial charge < -0.3 is 9.80 Å². The van der Waals surface area contributed by atoms with Crippen LogP contribution in [0.3, 0.4) is 0 Å². The Bertz CT molecular complexity index is 873. The van der Waals surface area contributed by atoms with Crippen molar-refractivity contribution in [2.75, 3.05) is 24.5 Å². The van der Waals surface area contributed by atoms with Crippen molar-refractivity contribution in [2.45, 2.75) is 39.0 Å². The molecule has 4 rings (SSSR count). The normalized spacial score (nSPS) is 20.6. The van der Waals surface area contributed by atoms with Gasteiger partial charge in [0.1, 0.15) is 0 Å². The van der Waals surface area contributed by atoms with Crippen molar-refractivity contribution in [2.24, 2.45) is 5.92 Å². The number of aromatic nitrogens is 1. The molecule has 2 amide bonds. The molecule has 0 N–H and O–H groups in total. The highest BCUT2D eigenvalue weighted by molar-refractivity contribution is 6.01. The van der Waals surface area contributed by atoms with Gasteiger partial charge in [-0.25, -0.2) is 0 Å². The van der Waals surface area contributed by atoms with Crippen LogP contribution in [0.1, 0.15) is 41.9 Å². The Kier molecular flexibility index (Phi) is 5.16. The topological polar surface area (TPSA) is 53.5 Å². The zero-order valence-corrected chi connectivity index (χ0v) is 16.6. The number of nitrogens with zero attached hydrogens (tertiary/aromatic N) is 3. The van der Waals surface area contributed by atoms with Crippen LogP contribution in [0.2, 0.25) is 0 Å². The molecule has 0 aliphatic carbocycles. The zero-order valence-electron chi connectivity index (χ0n) is 16.6. The second-order valence-electron chi connectivity index (χ2n) is 8.00. The van der Waals surface area contributed by atoms with Gasteiger partial charge in [0.05, 0.1) is 5.92 Å². The Labute approximate surface area is 166 Å². The quantitative estimate of drug-likeness (QED) is 0.823. The van der Waals surface area contributed by atoms with Crippen molar-refractivity contribution in [3.05, 3.63) is 59.4 Å². The lowest BCUT2D eigenvalue weighted by Crippen LogP contribution is -2.42. The first-order chi connectivity index (χ1) is 13.5. The fourth-order valence-electron chi connectivity index (χ4n) is 4.46. The summed E-state index contributed by atoms with van der Waals surface area (Å²) >= 11 is 0. The summed E-state index contributed by atoms with van der Waals surface area (Å²) in [7, 11) is 0. The summed E-state index contributed by atoms with van der Waals surface area (Å²) in [6.07, 6.45) is 5.92. The van der Waals surface area contributed by atoms with E-state index in [-0.39, 0.29) is 17.7 Å². The minimum atomic E-state index is -0.232. The van der Waals surface area contributed by atoms with Crippen LogP contribution in [-0.2, 0) is 9.59 Å². The summed E-state index contributed by atoms with van der Waals surface area (Å²) in [6.45, 7) is 6.11. The largest absolute Gasteiger partial charge is 0.342 e. The minimum Gasteiger partial charge on any atom is -0.342 e. The van der Waals surface area contributed by atoms with Gasteiger partial charge in [-0.05, 0) is 67.5 Å². The molecule has 1 atom stereocenters. The standard InChI is InChI=1S/C23H27N3O2/c1-16-4-3-5-21(17(16)2)26-15-20(14-22(26)27)23(28)25-12-8-19(9-13-25)18-6-10-24-11-7-18/h3-7,10-11,19-20H,8-9,12-15H2,1-2H3. The number of carbonyl (C=O) groups is 2. The van der Waals surface area contributed by atoms with Crippen LogP contribution in [0.15, 0.2) is 42.7 Å². The third kappa shape index (κ3) is 3.53. The maximum absolute atomic E-state index is 13.1. The molecule has 146 valence electrons. The molecule has 5 nitrogen and oxygen atoms in total. The third-order valence-corrected chi connectivity index (χ3v) is 6.33. The van der Waals surface area contributed by atoms with E-state index in [1.807, 2.05) is 36.4 Å². The van der Waals surface area contributed by atoms with Gasteiger partial charge in [-0.2, -0.15) is 0 Å². The van der Waals surface area contributed by atoms with Crippen molar-refractivity contribution in [1.82, 2.24) is 9.88 Å². The van der Waals surface area contributed by atoms with E-state index in [0.29, 0.717) is 18.9 Å². The number of piperidine rings is 1. The van der Waals surface area contributed by atoms with Crippen molar-refractivity contribution in [3.8, 4) is 0 Å². The average Bonchev–Trinajstić information content (AvgIpc) is 3.12. The predicted octanol–water partition coefficient (Wildman–Crippen LogP) is 3.46. The van der Waals surface area contributed by atoms with E-state index < -0.39 is 0 Å². The molecule has 1 unspecified atom stereocenters. The SMILES string of the molecule is Cc1cccc(N2CC(C(=O)N3CCC(c4ccncc4)CC3)CC2=O)c1C. The molecule has 2 aliphatic heterocycles. The summed E-state index contributed by atoms with van der Waals surface area (Å²) in [5.74, 6) is 0.446. The Morgan fingerprint density at radius 2 is 1.79 bits per heavy atom. The van der Waals surface area contributed by atoms with Crippen LogP contribution in [0, 0.1) is 19.8 Å². The van der Waals surface area contributed by atoms with Crippen molar-refractivity contribution < 1.29 is 9.59 Å². The molecule has 0 radical (unpaired) electrons. The van der Waals surface area contributed by atoms with E-state index in [1.165, 1.54) is 11.1 Å². The van der Waals surface area contributed by atoms with Crippen LogP contribution in [0.5, 0.6) is 0 Å². The Morgan fingerprint density at radius 1 is 1.07 bits per heavy atom. The monoisotopic (exact) mass is 377 g/mol. The van der Waals surface area contributed by atoms with Gasteiger partial charge in [0, 0.05) is 44.1 Å². The first kappa shape index (κ1) is 18.7. The summed E-state index contributed by atoms with van der Waals surface area (Å²) in [6, 6.07) is 10.1. The molecule has 2 aromatic rings. The number of benzene rings is 1. The van der Waals surface area contributed by atoms with Gasteiger partial charge in [0.25, 0.3) is 0 Å². The van der Waals surface area contributed by atoms with Crippen LogP contribution < -0.4 is 4.90 Å². The van der Waals surface area contributed by atoms with Gasteiger partial charge in [-0.1, -0.05) is 12.1 Å². The van der Waals surface area contributed by atoms with Crippen molar-refractivity contribution >= 4 is 17.5 Å². The molecule has 1 aromatic heterocycles. The summed E-state index contributed by atoms with van der Waals surface area (Å²) in [5.41, 5.74) is 4.52. The van der Waals surface area contributed by atoms with E-state index in [2.05, 4.69) is 30.1 Å². The number of hydrogen-bond donors (Lipinski definition) is 0. The average molecular weight is 377 g/mol. The maximum atomic E-state index is 13.1. The Morgan fingerprint density at radius 3 is 2.50 bits per heavy atom. The van der Waals surface area contributed by atoms with Gasteiger partial charge in [0.15, 0.2) is 0 Å². The maximum Gasteiger partial charge on any atom is 0.228 e. The van der Waals surface area contributed by atoms with Crippen LogP contribution in [-0.4, -0.2) is 41.3 Å². The number of anilines is 1. The second-order valence-corrected chi connectivity index (χ2v) is 8.00. The second kappa shape index (κ2) is 7.74. The summed E-state index contributed by atoms with van der Waals surface area (Å²) in [4.78, 5) is 33.5. The fraction of sp³-hybridized carbons (Fsp3) is 0.435. The highest BCUT2D eigenvalue weighted by atomic mass is 16.2. The number of rotatable bonds is 3. The number of aryl methyl sites for hydroxylation is 1. The molecule has 2 fully saturated rings. The van der Waals surface area contributed by atoms with Gasteiger partial charge in [-0.3, -0.25) is 14.6 Å². The summed E-state index contributed by atoms with van der Waals surface area (Å²) in [5, 5.41) is 0. The third-order valence-electron chi connectivity index (χ3n) is 6.33. The molecular formula is C23H27N3O2. The molecule has 2 aliphatic rings.